The number of esters is 1. The van der Waals surface area contributed by atoms with Gasteiger partial charge in [-0.15, -0.1) is 11.8 Å². The lowest BCUT2D eigenvalue weighted by molar-refractivity contribution is -0.136. The molecular weight excluding hydrogens is 220 g/mol. The maximum Gasteiger partial charge on any atom is 0.307 e. The predicted molar refractivity (Wildman–Crippen MR) is 67.9 cm³/mol. The molecule has 0 aliphatic carbocycles. The Labute approximate surface area is 101 Å². The van der Waals surface area contributed by atoms with Crippen molar-refractivity contribution in [1.29, 1.82) is 0 Å². The maximum atomic E-state index is 10.8. The molecule has 0 fully saturated rings. The number of hydrogen-bond acceptors (Lipinski definition) is 3. The number of benzene rings is 1. The van der Waals surface area contributed by atoms with Crippen molar-refractivity contribution in [2.24, 2.45) is 0 Å². The minimum Gasteiger partial charge on any atom is -0.431 e. The number of carbonyl (C=O) groups excluding carboxylic acids is 1. The maximum absolute atomic E-state index is 10.8. The van der Waals surface area contributed by atoms with Crippen molar-refractivity contribution in [1.82, 2.24) is 0 Å². The van der Waals surface area contributed by atoms with E-state index in [9.17, 15) is 4.79 Å². The van der Waals surface area contributed by atoms with Crippen molar-refractivity contribution in [3.8, 4) is 0 Å². The van der Waals surface area contributed by atoms with Crippen LogP contribution in [0.1, 0.15) is 26.3 Å². The first-order valence-corrected chi connectivity index (χ1v) is 6.11. The number of rotatable bonds is 4. The van der Waals surface area contributed by atoms with Gasteiger partial charge in [0, 0.05) is 17.6 Å². The standard InChI is InChI=1S/C13H16O2S/c1-10(15-12(3)14)11(2)16-9-13-7-5-4-6-8-13/h4-8H,9H2,1-3H3/b11-10+. The van der Waals surface area contributed by atoms with Gasteiger partial charge in [0.15, 0.2) is 0 Å². The Kier molecular flexibility index (Phi) is 5.12. The lowest BCUT2D eigenvalue weighted by Crippen LogP contribution is -1.97. The highest BCUT2D eigenvalue weighted by atomic mass is 32.2. The van der Waals surface area contributed by atoms with E-state index in [1.54, 1.807) is 11.8 Å². The number of carbonyl (C=O) groups is 1. The molecule has 0 saturated heterocycles. The minimum atomic E-state index is -0.267. The second kappa shape index (κ2) is 6.38. The molecule has 0 spiro atoms. The van der Waals surface area contributed by atoms with Crippen LogP contribution in [0.25, 0.3) is 0 Å². The zero-order valence-electron chi connectivity index (χ0n) is 9.82. The Morgan fingerprint density at radius 1 is 1.19 bits per heavy atom. The summed E-state index contributed by atoms with van der Waals surface area (Å²) in [4.78, 5) is 11.8. The molecule has 0 radical (unpaired) electrons. The first-order chi connectivity index (χ1) is 7.59. The summed E-state index contributed by atoms with van der Waals surface area (Å²) in [6.07, 6.45) is 0. The minimum absolute atomic E-state index is 0.267. The Hall–Kier alpha value is -1.22. The van der Waals surface area contributed by atoms with Gasteiger partial charge >= 0.3 is 5.97 Å². The zero-order chi connectivity index (χ0) is 12.0. The highest BCUT2D eigenvalue weighted by Crippen LogP contribution is 2.24. The van der Waals surface area contributed by atoms with Crippen LogP contribution in [0.3, 0.4) is 0 Å². The van der Waals surface area contributed by atoms with Crippen LogP contribution in [0.15, 0.2) is 41.0 Å². The monoisotopic (exact) mass is 236 g/mol. The van der Waals surface area contributed by atoms with E-state index in [1.165, 1.54) is 12.5 Å². The zero-order valence-corrected chi connectivity index (χ0v) is 10.6. The molecular formula is C13H16O2S. The molecule has 1 aromatic carbocycles. The molecule has 1 aromatic rings. The highest BCUT2D eigenvalue weighted by Gasteiger charge is 2.02. The van der Waals surface area contributed by atoms with E-state index >= 15 is 0 Å². The molecule has 1 rings (SSSR count). The SMILES string of the molecule is CC(=O)O/C(C)=C(\C)SCc1ccccc1. The van der Waals surface area contributed by atoms with Gasteiger partial charge in [0.25, 0.3) is 0 Å². The molecule has 3 heteroatoms. The molecule has 0 N–H and O–H groups in total. The highest BCUT2D eigenvalue weighted by molar-refractivity contribution is 8.02. The predicted octanol–water partition coefficient (Wildman–Crippen LogP) is 3.73. The van der Waals surface area contributed by atoms with E-state index in [-0.39, 0.29) is 5.97 Å². The summed E-state index contributed by atoms with van der Waals surface area (Å²) < 4.78 is 5.02. The second-order valence-corrected chi connectivity index (χ2v) is 4.67. The largest absolute Gasteiger partial charge is 0.431 e. The molecule has 0 bridgehead atoms. The quantitative estimate of drug-likeness (QED) is 0.588. The molecule has 16 heavy (non-hydrogen) atoms. The number of ether oxygens (including phenoxy) is 1. The van der Waals surface area contributed by atoms with Gasteiger partial charge in [-0.25, -0.2) is 0 Å². The summed E-state index contributed by atoms with van der Waals surface area (Å²) in [6, 6.07) is 10.2. The van der Waals surface area contributed by atoms with Gasteiger partial charge in [0.1, 0.15) is 5.76 Å². The summed E-state index contributed by atoms with van der Waals surface area (Å²) in [5, 5.41) is 0. The third-order valence-corrected chi connectivity index (χ3v) is 3.29. The first-order valence-electron chi connectivity index (χ1n) is 5.12. The van der Waals surface area contributed by atoms with Gasteiger partial charge < -0.3 is 4.74 Å². The van der Waals surface area contributed by atoms with Gasteiger partial charge in [-0.05, 0) is 19.4 Å². The Bertz CT molecular complexity index is 382. The summed E-state index contributed by atoms with van der Waals surface area (Å²) in [5.74, 6) is 1.32. The van der Waals surface area contributed by atoms with Gasteiger partial charge in [-0.3, -0.25) is 4.79 Å². The van der Waals surface area contributed by atoms with Crippen LogP contribution in [0.5, 0.6) is 0 Å². The summed E-state index contributed by atoms with van der Waals surface area (Å²) in [5.41, 5.74) is 1.27. The van der Waals surface area contributed by atoms with E-state index < -0.39 is 0 Å². The van der Waals surface area contributed by atoms with Crippen LogP contribution in [0.4, 0.5) is 0 Å². The molecule has 0 aliphatic heterocycles. The summed E-state index contributed by atoms with van der Waals surface area (Å²) >= 11 is 1.68. The number of thioether (sulfide) groups is 1. The number of allylic oxidation sites excluding steroid dienone is 2. The van der Waals surface area contributed by atoms with E-state index in [2.05, 4.69) is 12.1 Å². The molecule has 0 aromatic heterocycles. The smallest absolute Gasteiger partial charge is 0.307 e. The van der Waals surface area contributed by atoms with Crippen molar-refractivity contribution in [2.75, 3.05) is 0 Å². The lowest BCUT2D eigenvalue weighted by Gasteiger charge is -2.06. The normalized spacial score (nSPS) is 11.9. The van der Waals surface area contributed by atoms with E-state index in [0.717, 1.165) is 10.7 Å². The Morgan fingerprint density at radius 2 is 1.81 bits per heavy atom. The van der Waals surface area contributed by atoms with Crippen molar-refractivity contribution in [2.45, 2.75) is 26.5 Å². The molecule has 86 valence electrons. The van der Waals surface area contributed by atoms with Crippen LogP contribution in [-0.4, -0.2) is 5.97 Å². The average molecular weight is 236 g/mol. The summed E-state index contributed by atoms with van der Waals surface area (Å²) in [6.45, 7) is 5.19. The summed E-state index contributed by atoms with van der Waals surface area (Å²) in [7, 11) is 0. The fourth-order valence-corrected chi connectivity index (χ4v) is 1.98. The molecule has 0 aliphatic rings. The Balaban J connectivity index is 2.52. The van der Waals surface area contributed by atoms with Crippen LogP contribution in [0.2, 0.25) is 0 Å². The fraction of sp³-hybridized carbons (Fsp3) is 0.308. The van der Waals surface area contributed by atoms with Gasteiger partial charge in [-0.2, -0.15) is 0 Å². The van der Waals surface area contributed by atoms with Crippen molar-refractivity contribution in [3.63, 3.8) is 0 Å². The Morgan fingerprint density at radius 3 is 2.38 bits per heavy atom. The molecule has 0 atom stereocenters. The van der Waals surface area contributed by atoms with Gasteiger partial charge in [0.2, 0.25) is 0 Å². The second-order valence-electron chi connectivity index (χ2n) is 3.48. The third-order valence-electron chi connectivity index (χ3n) is 2.09. The van der Waals surface area contributed by atoms with E-state index in [4.69, 9.17) is 4.74 Å². The van der Waals surface area contributed by atoms with Crippen LogP contribution >= 0.6 is 11.8 Å². The molecule has 0 saturated carbocycles. The lowest BCUT2D eigenvalue weighted by atomic mass is 10.2. The topological polar surface area (TPSA) is 26.3 Å². The third kappa shape index (κ3) is 4.53. The van der Waals surface area contributed by atoms with Gasteiger partial charge in [0.05, 0.1) is 0 Å². The van der Waals surface area contributed by atoms with Crippen LogP contribution < -0.4 is 0 Å². The molecule has 0 unspecified atom stereocenters. The van der Waals surface area contributed by atoms with Crippen molar-refractivity contribution in [3.05, 3.63) is 46.6 Å². The molecule has 0 heterocycles. The van der Waals surface area contributed by atoms with Gasteiger partial charge in [-0.1, -0.05) is 30.3 Å². The fourth-order valence-electron chi connectivity index (χ4n) is 1.15. The van der Waals surface area contributed by atoms with E-state index in [1.807, 2.05) is 32.0 Å². The average Bonchev–Trinajstić information content (AvgIpc) is 2.26. The first kappa shape index (κ1) is 12.8. The number of hydrogen-bond donors (Lipinski definition) is 0. The van der Waals surface area contributed by atoms with Crippen LogP contribution in [-0.2, 0) is 15.3 Å². The van der Waals surface area contributed by atoms with Crippen molar-refractivity contribution < 1.29 is 9.53 Å². The molecule has 2 nitrogen and oxygen atoms in total. The van der Waals surface area contributed by atoms with E-state index in [0.29, 0.717) is 5.76 Å². The molecule has 0 amide bonds. The van der Waals surface area contributed by atoms with Crippen LogP contribution in [0, 0.1) is 0 Å². The van der Waals surface area contributed by atoms with Crippen molar-refractivity contribution >= 4 is 17.7 Å².